The average molecular weight is 356 g/mol. The molecular weight excluding hydrogens is 334 g/mol. The summed E-state index contributed by atoms with van der Waals surface area (Å²) in [6.45, 7) is 7.14. The first-order valence-electron chi connectivity index (χ1n) is 6.95. The number of benzene rings is 1. The summed E-state index contributed by atoms with van der Waals surface area (Å²) in [5, 5.41) is 12.2. The van der Waals surface area contributed by atoms with E-state index in [2.05, 4.69) is 21.2 Å². The van der Waals surface area contributed by atoms with E-state index in [1.165, 1.54) is 0 Å². The zero-order valence-corrected chi connectivity index (χ0v) is 14.4. The third-order valence-electron chi connectivity index (χ3n) is 4.04. The average Bonchev–Trinajstić information content (AvgIpc) is 2.38. The van der Waals surface area contributed by atoms with Crippen molar-refractivity contribution in [2.45, 2.75) is 40.2 Å². The molecule has 0 fully saturated rings. The van der Waals surface area contributed by atoms with E-state index >= 15 is 0 Å². The van der Waals surface area contributed by atoms with E-state index in [1.54, 1.807) is 6.92 Å². The quantitative estimate of drug-likeness (QED) is 0.816. The molecule has 1 aromatic rings. The van der Waals surface area contributed by atoms with Crippen LogP contribution in [0.5, 0.6) is 0 Å². The standard InChI is InChI=1S/C16H22BrNO3/c1-10(2)16(4,15(20)21)9-14(19)18-11(3)12-5-7-13(17)8-6-12/h5-8,10-11H,9H2,1-4H3,(H,18,19)(H,20,21). The van der Waals surface area contributed by atoms with Crippen LogP contribution < -0.4 is 5.32 Å². The Morgan fingerprint density at radius 3 is 2.19 bits per heavy atom. The molecule has 116 valence electrons. The maximum absolute atomic E-state index is 12.1. The minimum absolute atomic E-state index is 0.0269. The Kier molecular flexibility index (Phi) is 5.96. The minimum Gasteiger partial charge on any atom is -0.481 e. The highest BCUT2D eigenvalue weighted by Crippen LogP contribution is 2.31. The first-order valence-corrected chi connectivity index (χ1v) is 7.74. The number of carbonyl (C=O) groups is 2. The SMILES string of the molecule is CC(NC(=O)CC(C)(C(=O)O)C(C)C)c1ccc(Br)cc1. The van der Waals surface area contributed by atoms with E-state index in [4.69, 9.17) is 0 Å². The minimum atomic E-state index is -1.05. The van der Waals surface area contributed by atoms with Gasteiger partial charge < -0.3 is 10.4 Å². The molecule has 2 atom stereocenters. The Morgan fingerprint density at radius 2 is 1.76 bits per heavy atom. The first-order chi connectivity index (χ1) is 9.66. The smallest absolute Gasteiger partial charge is 0.310 e. The third kappa shape index (κ3) is 4.56. The van der Waals surface area contributed by atoms with Gasteiger partial charge in [0, 0.05) is 10.9 Å². The Balaban J connectivity index is 2.72. The molecule has 2 unspecified atom stereocenters. The van der Waals surface area contributed by atoms with E-state index < -0.39 is 11.4 Å². The van der Waals surface area contributed by atoms with Gasteiger partial charge in [0.1, 0.15) is 0 Å². The number of aliphatic carboxylic acids is 1. The topological polar surface area (TPSA) is 66.4 Å². The van der Waals surface area contributed by atoms with Gasteiger partial charge in [-0.15, -0.1) is 0 Å². The van der Waals surface area contributed by atoms with E-state index in [9.17, 15) is 14.7 Å². The van der Waals surface area contributed by atoms with E-state index in [-0.39, 0.29) is 24.3 Å². The van der Waals surface area contributed by atoms with Gasteiger partial charge in [0.25, 0.3) is 0 Å². The molecular formula is C16H22BrNO3. The second-order valence-electron chi connectivity index (χ2n) is 5.89. The number of halogens is 1. The predicted octanol–water partition coefficient (Wildman–Crippen LogP) is 3.76. The molecule has 21 heavy (non-hydrogen) atoms. The predicted molar refractivity (Wildman–Crippen MR) is 85.9 cm³/mol. The number of carboxylic acid groups (broad SMARTS) is 1. The lowest BCUT2D eigenvalue weighted by Gasteiger charge is -2.29. The molecule has 5 heteroatoms. The van der Waals surface area contributed by atoms with E-state index in [0.29, 0.717) is 0 Å². The molecule has 0 aliphatic heterocycles. The molecule has 0 radical (unpaired) electrons. The number of nitrogens with one attached hydrogen (secondary N) is 1. The number of carbonyl (C=O) groups excluding carboxylic acids is 1. The van der Waals surface area contributed by atoms with Crippen molar-refractivity contribution in [3.8, 4) is 0 Å². The normalized spacial score (nSPS) is 15.3. The molecule has 0 aromatic heterocycles. The van der Waals surface area contributed by atoms with E-state index in [1.807, 2.05) is 45.0 Å². The van der Waals surface area contributed by atoms with Crippen LogP contribution in [0, 0.1) is 11.3 Å². The third-order valence-corrected chi connectivity index (χ3v) is 4.57. The molecule has 0 spiro atoms. The van der Waals surface area contributed by atoms with Gasteiger partial charge in [0.15, 0.2) is 0 Å². The number of hydrogen-bond donors (Lipinski definition) is 2. The molecule has 4 nitrogen and oxygen atoms in total. The van der Waals surface area contributed by atoms with Crippen molar-refractivity contribution in [3.63, 3.8) is 0 Å². The molecule has 2 N–H and O–H groups in total. The van der Waals surface area contributed by atoms with Crippen molar-refractivity contribution in [2.24, 2.45) is 11.3 Å². The maximum Gasteiger partial charge on any atom is 0.310 e. The van der Waals surface area contributed by atoms with Crippen LogP contribution in [0.2, 0.25) is 0 Å². The van der Waals surface area contributed by atoms with Crippen LogP contribution in [0.3, 0.4) is 0 Å². The zero-order valence-electron chi connectivity index (χ0n) is 12.8. The van der Waals surface area contributed by atoms with E-state index in [0.717, 1.165) is 10.0 Å². The Labute approximate surface area is 134 Å². The maximum atomic E-state index is 12.1. The number of carboxylic acids is 1. The summed E-state index contributed by atoms with van der Waals surface area (Å²) in [6.07, 6.45) is -0.0269. The summed E-state index contributed by atoms with van der Waals surface area (Å²) in [6, 6.07) is 7.51. The van der Waals surface area contributed by atoms with Gasteiger partial charge >= 0.3 is 5.97 Å². The van der Waals surface area contributed by atoms with Gasteiger partial charge in [-0.05, 0) is 37.5 Å². The molecule has 0 bridgehead atoms. The van der Waals surface area contributed by atoms with Crippen LogP contribution in [0.4, 0.5) is 0 Å². The van der Waals surface area contributed by atoms with Gasteiger partial charge in [-0.2, -0.15) is 0 Å². The highest BCUT2D eigenvalue weighted by atomic mass is 79.9. The van der Waals surface area contributed by atoms with Crippen LogP contribution in [0.25, 0.3) is 0 Å². The van der Waals surface area contributed by atoms with Crippen molar-refractivity contribution in [1.82, 2.24) is 5.32 Å². The molecule has 0 saturated heterocycles. The van der Waals surface area contributed by atoms with Crippen molar-refractivity contribution >= 4 is 27.8 Å². The number of rotatable bonds is 6. The van der Waals surface area contributed by atoms with Crippen LogP contribution in [0.15, 0.2) is 28.7 Å². The van der Waals surface area contributed by atoms with Crippen LogP contribution in [0.1, 0.15) is 45.7 Å². The summed E-state index contributed by atoms with van der Waals surface area (Å²) in [7, 11) is 0. The van der Waals surface area contributed by atoms with Gasteiger partial charge in [-0.25, -0.2) is 0 Å². The lowest BCUT2D eigenvalue weighted by molar-refractivity contribution is -0.153. The fourth-order valence-electron chi connectivity index (χ4n) is 1.99. The molecule has 0 saturated carbocycles. The Morgan fingerprint density at radius 1 is 1.24 bits per heavy atom. The zero-order chi connectivity index (χ0) is 16.2. The van der Waals surface area contributed by atoms with Gasteiger partial charge in [-0.1, -0.05) is 41.9 Å². The van der Waals surface area contributed by atoms with Crippen LogP contribution in [-0.4, -0.2) is 17.0 Å². The summed E-state index contributed by atoms with van der Waals surface area (Å²) in [5.41, 5.74) is -0.0723. The molecule has 0 aliphatic rings. The summed E-state index contributed by atoms with van der Waals surface area (Å²) in [5.74, 6) is -1.31. The van der Waals surface area contributed by atoms with Crippen molar-refractivity contribution in [3.05, 3.63) is 34.3 Å². The fourth-order valence-corrected chi connectivity index (χ4v) is 2.25. The highest BCUT2D eigenvalue weighted by molar-refractivity contribution is 9.10. The molecule has 1 aromatic carbocycles. The summed E-state index contributed by atoms with van der Waals surface area (Å²) >= 11 is 3.36. The Hall–Kier alpha value is -1.36. The lowest BCUT2D eigenvalue weighted by atomic mass is 9.76. The van der Waals surface area contributed by atoms with Crippen molar-refractivity contribution in [2.75, 3.05) is 0 Å². The number of hydrogen-bond acceptors (Lipinski definition) is 2. The second kappa shape index (κ2) is 7.07. The van der Waals surface area contributed by atoms with Gasteiger partial charge in [-0.3, -0.25) is 9.59 Å². The van der Waals surface area contributed by atoms with Crippen molar-refractivity contribution < 1.29 is 14.7 Å². The van der Waals surface area contributed by atoms with Gasteiger partial charge in [0.05, 0.1) is 11.5 Å². The van der Waals surface area contributed by atoms with Crippen molar-refractivity contribution in [1.29, 1.82) is 0 Å². The molecule has 1 rings (SSSR count). The largest absolute Gasteiger partial charge is 0.481 e. The Bertz CT molecular complexity index is 513. The first kappa shape index (κ1) is 17.7. The van der Waals surface area contributed by atoms with Crippen LogP contribution in [-0.2, 0) is 9.59 Å². The summed E-state index contributed by atoms with van der Waals surface area (Å²) in [4.78, 5) is 23.5. The molecule has 1 amide bonds. The van der Waals surface area contributed by atoms with Gasteiger partial charge in [0.2, 0.25) is 5.91 Å². The molecule has 0 heterocycles. The van der Waals surface area contributed by atoms with Crippen LogP contribution >= 0.6 is 15.9 Å². The summed E-state index contributed by atoms with van der Waals surface area (Å²) < 4.78 is 0.975. The molecule has 0 aliphatic carbocycles. The fraction of sp³-hybridized carbons (Fsp3) is 0.500. The highest BCUT2D eigenvalue weighted by Gasteiger charge is 2.38. The number of amides is 1. The second-order valence-corrected chi connectivity index (χ2v) is 6.81. The lowest BCUT2D eigenvalue weighted by Crippen LogP contribution is -2.39. The monoisotopic (exact) mass is 355 g/mol.